The van der Waals surface area contributed by atoms with Crippen molar-refractivity contribution >= 4 is 23.6 Å². The number of methoxy groups -OCH3 is 1. The Balaban J connectivity index is 2.36. The van der Waals surface area contributed by atoms with Crippen LogP contribution < -0.4 is 15.8 Å². The Morgan fingerprint density at radius 1 is 1.32 bits per heavy atom. The van der Waals surface area contributed by atoms with E-state index in [0.717, 1.165) is 29.9 Å². The maximum Gasteiger partial charge on any atom is 0.266 e. The molecule has 146 valence electrons. The molecule has 0 radical (unpaired) electrons. The largest absolute Gasteiger partial charge is 0.495 e. The van der Waals surface area contributed by atoms with E-state index >= 15 is 0 Å². The number of carbonyl (C=O) groups excluding carboxylic acids is 2. The summed E-state index contributed by atoms with van der Waals surface area (Å²) >= 11 is 0. The molecule has 7 heteroatoms. The van der Waals surface area contributed by atoms with Gasteiger partial charge in [0.1, 0.15) is 17.4 Å². The summed E-state index contributed by atoms with van der Waals surface area (Å²) in [6, 6.07) is 8.34. The molecule has 0 unspecified atom stereocenters. The number of benzene rings is 1. The van der Waals surface area contributed by atoms with E-state index in [0.29, 0.717) is 5.75 Å². The first-order valence-electron chi connectivity index (χ1n) is 8.90. The van der Waals surface area contributed by atoms with Crippen LogP contribution in [0.25, 0.3) is 6.08 Å². The zero-order chi connectivity index (χ0) is 20.8. The van der Waals surface area contributed by atoms with Gasteiger partial charge in [0.15, 0.2) is 0 Å². The summed E-state index contributed by atoms with van der Waals surface area (Å²) in [6.07, 6.45) is 2.55. The molecule has 0 spiro atoms. The first-order chi connectivity index (χ1) is 13.3. The molecule has 0 aliphatic carbocycles. The average molecular weight is 380 g/mol. The van der Waals surface area contributed by atoms with E-state index in [9.17, 15) is 14.9 Å². The van der Waals surface area contributed by atoms with Crippen LogP contribution in [0.2, 0.25) is 0 Å². The van der Waals surface area contributed by atoms with Crippen molar-refractivity contribution in [1.29, 1.82) is 5.26 Å². The highest BCUT2D eigenvalue weighted by Crippen LogP contribution is 2.26. The molecule has 1 aromatic heterocycles. The fraction of sp³-hybridized carbons (Fsp3) is 0.286. The van der Waals surface area contributed by atoms with Crippen LogP contribution in [0.15, 0.2) is 29.8 Å². The topological polar surface area (TPSA) is 110 Å². The summed E-state index contributed by atoms with van der Waals surface area (Å²) in [5.74, 6) is -0.864. The number of primary amides is 1. The molecule has 28 heavy (non-hydrogen) atoms. The number of carbonyl (C=O) groups is 2. The van der Waals surface area contributed by atoms with Gasteiger partial charge in [-0.15, -0.1) is 0 Å². The lowest BCUT2D eigenvalue weighted by Gasteiger charge is -2.11. The number of hydrogen-bond donors (Lipinski definition) is 2. The van der Waals surface area contributed by atoms with E-state index < -0.39 is 11.8 Å². The smallest absolute Gasteiger partial charge is 0.266 e. The van der Waals surface area contributed by atoms with Crippen molar-refractivity contribution in [2.24, 2.45) is 5.73 Å². The number of aryl methyl sites for hydroxylation is 1. The third-order valence-electron chi connectivity index (χ3n) is 4.46. The normalized spacial score (nSPS) is 11.0. The number of anilines is 1. The lowest BCUT2D eigenvalue weighted by Crippen LogP contribution is -2.16. The molecule has 1 heterocycles. The Kier molecular flexibility index (Phi) is 6.61. The highest BCUT2D eigenvalue weighted by atomic mass is 16.5. The number of hydrogen-bond acceptors (Lipinski definition) is 4. The van der Waals surface area contributed by atoms with Gasteiger partial charge >= 0.3 is 0 Å². The Hall–Kier alpha value is -3.53. The van der Waals surface area contributed by atoms with Crippen molar-refractivity contribution < 1.29 is 14.3 Å². The van der Waals surface area contributed by atoms with E-state index in [1.54, 1.807) is 6.08 Å². The van der Waals surface area contributed by atoms with E-state index in [4.69, 9.17) is 10.5 Å². The molecule has 2 rings (SSSR count). The van der Waals surface area contributed by atoms with Crippen LogP contribution in [-0.4, -0.2) is 23.5 Å². The van der Waals surface area contributed by atoms with Crippen LogP contribution in [0.1, 0.15) is 40.7 Å². The Labute approximate surface area is 164 Å². The summed E-state index contributed by atoms with van der Waals surface area (Å²) in [5, 5.41) is 12.1. The highest BCUT2D eigenvalue weighted by molar-refractivity contribution is 6.10. The molecule has 0 aliphatic rings. The highest BCUT2D eigenvalue weighted by Gasteiger charge is 2.16. The van der Waals surface area contributed by atoms with Crippen molar-refractivity contribution in [2.45, 2.75) is 33.7 Å². The minimum atomic E-state index is -0.627. The molecule has 1 aromatic carbocycles. The molecule has 0 atom stereocenters. The van der Waals surface area contributed by atoms with Gasteiger partial charge in [-0.25, -0.2) is 0 Å². The average Bonchev–Trinajstić information content (AvgIpc) is 2.93. The fourth-order valence-electron chi connectivity index (χ4n) is 2.99. The lowest BCUT2D eigenvalue weighted by atomic mass is 10.1. The van der Waals surface area contributed by atoms with Crippen LogP contribution in [0.3, 0.4) is 0 Å². The van der Waals surface area contributed by atoms with Crippen molar-refractivity contribution in [2.75, 3.05) is 12.4 Å². The summed E-state index contributed by atoms with van der Waals surface area (Å²) in [4.78, 5) is 24.0. The predicted octanol–water partition coefficient (Wildman–Crippen LogP) is 3.17. The third-order valence-corrected chi connectivity index (χ3v) is 4.46. The van der Waals surface area contributed by atoms with Crippen molar-refractivity contribution in [3.05, 3.63) is 52.4 Å². The molecule has 0 saturated carbocycles. The van der Waals surface area contributed by atoms with E-state index in [-0.39, 0.29) is 16.8 Å². The van der Waals surface area contributed by atoms with E-state index in [1.807, 2.05) is 26.0 Å². The van der Waals surface area contributed by atoms with E-state index in [1.165, 1.54) is 25.3 Å². The van der Waals surface area contributed by atoms with Crippen molar-refractivity contribution in [1.82, 2.24) is 4.57 Å². The fourth-order valence-corrected chi connectivity index (χ4v) is 2.99. The molecule has 0 aliphatic heterocycles. The molecule has 2 amide bonds. The Bertz CT molecular complexity index is 980. The molecule has 3 N–H and O–H groups in total. The second-order valence-corrected chi connectivity index (χ2v) is 6.38. The summed E-state index contributed by atoms with van der Waals surface area (Å²) in [7, 11) is 1.44. The van der Waals surface area contributed by atoms with Crippen LogP contribution in [0, 0.1) is 25.2 Å². The summed E-state index contributed by atoms with van der Waals surface area (Å²) in [5.41, 5.74) is 8.61. The third kappa shape index (κ3) is 4.41. The quantitative estimate of drug-likeness (QED) is 0.568. The second kappa shape index (κ2) is 8.91. The molecule has 2 aromatic rings. The standard InChI is InChI=1S/C21H24N4O3/c1-5-8-25-13(2)9-16(14(25)3)10-17(12-22)21(27)24-18-11-15(20(23)26)6-7-19(18)28-4/h6-7,9-11H,5,8H2,1-4H3,(H2,23,26)(H,24,27)/b17-10+. The SMILES string of the molecule is CCCn1c(C)cc(/C=C(\C#N)C(=O)Nc2cc(C(N)=O)ccc2OC)c1C. The maximum atomic E-state index is 12.6. The molecule has 7 nitrogen and oxygen atoms in total. The van der Waals surface area contributed by atoms with Gasteiger partial charge in [0.2, 0.25) is 5.91 Å². The number of rotatable bonds is 7. The Morgan fingerprint density at radius 3 is 2.61 bits per heavy atom. The summed E-state index contributed by atoms with van der Waals surface area (Å²) in [6.45, 7) is 6.92. The summed E-state index contributed by atoms with van der Waals surface area (Å²) < 4.78 is 7.36. The van der Waals surface area contributed by atoms with Gasteiger partial charge in [0.05, 0.1) is 12.8 Å². The Morgan fingerprint density at radius 2 is 2.04 bits per heavy atom. The monoisotopic (exact) mass is 380 g/mol. The van der Waals surface area contributed by atoms with Gasteiger partial charge in [-0.2, -0.15) is 5.26 Å². The molecule has 0 saturated heterocycles. The predicted molar refractivity (Wildman–Crippen MR) is 108 cm³/mol. The van der Waals surface area contributed by atoms with Crippen LogP contribution in [-0.2, 0) is 11.3 Å². The number of nitriles is 1. The molecular weight excluding hydrogens is 356 g/mol. The maximum absolute atomic E-state index is 12.6. The van der Waals surface area contributed by atoms with Gasteiger partial charge < -0.3 is 20.4 Å². The van der Waals surface area contributed by atoms with Crippen LogP contribution >= 0.6 is 0 Å². The van der Waals surface area contributed by atoms with Crippen molar-refractivity contribution in [3.8, 4) is 11.8 Å². The van der Waals surface area contributed by atoms with Crippen molar-refractivity contribution in [3.63, 3.8) is 0 Å². The second-order valence-electron chi connectivity index (χ2n) is 6.38. The first-order valence-corrected chi connectivity index (χ1v) is 8.90. The number of aromatic nitrogens is 1. The van der Waals surface area contributed by atoms with Gasteiger partial charge in [-0.05, 0) is 56.2 Å². The van der Waals surface area contributed by atoms with Gasteiger partial charge in [0.25, 0.3) is 5.91 Å². The van der Waals surface area contributed by atoms with Crippen LogP contribution in [0.4, 0.5) is 5.69 Å². The number of nitrogens with zero attached hydrogens (tertiary/aromatic N) is 2. The van der Waals surface area contributed by atoms with Crippen LogP contribution in [0.5, 0.6) is 5.75 Å². The lowest BCUT2D eigenvalue weighted by molar-refractivity contribution is -0.112. The number of ether oxygens (including phenoxy) is 1. The first kappa shape index (κ1) is 20.8. The zero-order valence-corrected chi connectivity index (χ0v) is 16.5. The van der Waals surface area contributed by atoms with Gasteiger partial charge in [-0.1, -0.05) is 6.92 Å². The molecule has 0 bridgehead atoms. The molecular formula is C21H24N4O3. The minimum Gasteiger partial charge on any atom is -0.495 e. The molecule has 0 fully saturated rings. The zero-order valence-electron chi connectivity index (χ0n) is 16.5. The number of nitrogens with one attached hydrogen (secondary N) is 1. The van der Waals surface area contributed by atoms with Gasteiger partial charge in [-0.3, -0.25) is 9.59 Å². The number of nitrogens with two attached hydrogens (primary N) is 1. The minimum absolute atomic E-state index is 0.0525. The van der Waals surface area contributed by atoms with E-state index in [2.05, 4.69) is 16.8 Å². The number of amides is 2. The van der Waals surface area contributed by atoms with Gasteiger partial charge in [0, 0.05) is 23.5 Å².